The predicted octanol–water partition coefficient (Wildman–Crippen LogP) is 1.83. The largest absolute Gasteiger partial charge is 0.466 e. The molecule has 1 saturated heterocycles. The molecule has 0 aliphatic carbocycles. The number of aromatic nitrogens is 3. The summed E-state index contributed by atoms with van der Waals surface area (Å²) in [5, 5.41) is 8.52. The van der Waals surface area contributed by atoms with Crippen LogP contribution in [0.25, 0.3) is 0 Å². The quantitative estimate of drug-likeness (QED) is 0.716. The van der Waals surface area contributed by atoms with E-state index in [4.69, 9.17) is 14.2 Å². The monoisotopic (exact) mass is 372 g/mol. The standard InChI is InChI=1S/C19H24N4O4/c1-2-25-19(24)15-5-7-22(8-6-15)11-16-12-23(21-20-16)10-14-3-4-17-18(9-14)27-13-26-17/h3-4,9,12,15H,2,5-8,10-11,13H2,1H3. The van der Waals surface area contributed by atoms with E-state index in [1.807, 2.05) is 36.0 Å². The molecule has 0 radical (unpaired) electrons. The number of hydrogen-bond acceptors (Lipinski definition) is 7. The molecule has 2 aromatic rings. The van der Waals surface area contributed by atoms with Crippen molar-refractivity contribution in [2.75, 3.05) is 26.5 Å². The third-order valence-corrected chi connectivity index (χ3v) is 4.96. The molecule has 4 rings (SSSR count). The van der Waals surface area contributed by atoms with Crippen LogP contribution in [0, 0.1) is 5.92 Å². The number of hydrogen-bond donors (Lipinski definition) is 0. The number of rotatable bonds is 6. The van der Waals surface area contributed by atoms with Crippen LogP contribution >= 0.6 is 0 Å². The molecule has 144 valence electrons. The van der Waals surface area contributed by atoms with Crippen molar-refractivity contribution in [3.63, 3.8) is 0 Å². The van der Waals surface area contributed by atoms with E-state index in [2.05, 4.69) is 15.2 Å². The molecule has 8 heteroatoms. The Hall–Kier alpha value is -2.61. The van der Waals surface area contributed by atoms with E-state index >= 15 is 0 Å². The number of fused-ring (bicyclic) bond motifs is 1. The van der Waals surface area contributed by atoms with Crippen molar-refractivity contribution in [2.45, 2.75) is 32.9 Å². The molecule has 0 amide bonds. The predicted molar refractivity (Wildman–Crippen MR) is 96.3 cm³/mol. The van der Waals surface area contributed by atoms with Crippen molar-refractivity contribution in [3.05, 3.63) is 35.7 Å². The molecule has 1 aromatic carbocycles. The maximum Gasteiger partial charge on any atom is 0.309 e. The Morgan fingerprint density at radius 3 is 2.85 bits per heavy atom. The zero-order valence-electron chi connectivity index (χ0n) is 15.5. The van der Waals surface area contributed by atoms with Crippen LogP contribution in [0.5, 0.6) is 11.5 Å². The van der Waals surface area contributed by atoms with Gasteiger partial charge in [-0.1, -0.05) is 11.3 Å². The highest BCUT2D eigenvalue weighted by molar-refractivity contribution is 5.72. The Morgan fingerprint density at radius 2 is 2.04 bits per heavy atom. The van der Waals surface area contributed by atoms with Gasteiger partial charge in [-0.3, -0.25) is 9.69 Å². The van der Waals surface area contributed by atoms with E-state index < -0.39 is 0 Å². The van der Waals surface area contributed by atoms with Gasteiger partial charge in [0.2, 0.25) is 6.79 Å². The third-order valence-electron chi connectivity index (χ3n) is 4.96. The van der Waals surface area contributed by atoms with Crippen LogP contribution in [0.1, 0.15) is 31.0 Å². The number of ether oxygens (including phenoxy) is 3. The Labute approximate surface area is 158 Å². The summed E-state index contributed by atoms with van der Waals surface area (Å²) in [5.41, 5.74) is 2.02. The van der Waals surface area contributed by atoms with Gasteiger partial charge >= 0.3 is 5.97 Å². The van der Waals surface area contributed by atoms with E-state index in [0.717, 1.165) is 55.2 Å². The van der Waals surface area contributed by atoms with Gasteiger partial charge < -0.3 is 14.2 Å². The summed E-state index contributed by atoms with van der Waals surface area (Å²) in [6, 6.07) is 5.90. The lowest BCUT2D eigenvalue weighted by Crippen LogP contribution is -2.36. The summed E-state index contributed by atoms with van der Waals surface area (Å²) in [7, 11) is 0. The molecule has 27 heavy (non-hydrogen) atoms. The van der Waals surface area contributed by atoms with Crippen molar-refractivity contribution in [2.24, 2.45) is 5.92 Å². The van der Waals surface area contributed by atoms with Gasteiger partial charge in [0.15, 0.2) is 11.5 Å². The van der Waals surface area contributed by atoms with Gasteiger partial charge in [0.05, 0.1) is 31.0 Å². The molecule has 0 unspecified atom stereocenters. The molecule has 8 nitrogen and oxygen atoms in total. The van der Waals surface area contributed by atoms with E-state index in [1.165, 1.54) is 0 Å². The lowest BCUT2D eigenvalue weighted by atomic mass is 9.97. The normalized spacial score (nSPS) is 17.2. The van der Waals surface area contributed by atoms with Crippen molar-refractivity contribution in [3.8, 4) is 11.5 Å². The van der Waals surface area contributed by atoms with Gasteiger partial charge in [0.25, 0.3) is 0 Å². The Kier molecular flexibility index (Phi) is 5.24. The van der Waals surface area contributed by atoms with Gasteiger partial charge in [0.1, 0.15) is 0 Å². The van der Waals surface area contributed by atoms with Crippen LogP contribution in [0.3, 0.4) is 0 Å². The molecule has 0 saturated carbocycles. The average Bonchev–Trinajstić information content (AvgIpc) is 3.31. The fourth-order valence-electron chi connectivity index (χ4n) is 3.53. The summed E-state index contributed by atoms with van der Waals surface area (Å²) in [6.45, 7) is 5.70. The second kappa shape index (κ2) is 7.96. The zero-order valence-corrected chi connectivity index (χ0v) is 15.5. The number of esters is 1. The maximum atomic E-state index is 11.8. The van der Waals surface area contributed by atoms with E-state index in [-0.39, 0.29) is 18.7 Å². The Morgan fingerprint density at radius 1 is 1.22 bits per heavy atom. The molecular weight excluding hydrogens is 348 g/mol. The van der Waals surface area contributed by atoms with Crippen LogP contribution in [-0.4, -0.2) is 52.4 Å². The first-order valence-corrected chi connectivity index (χ1v) is 9.38. The highest BCUT2D eigenvalue weighted by Gasteiger charge is 2.26. The van der Waals surface area contributed by atoms with Crippen LogP contribution in [0.15, 0.2) is 24.4 Å². The fourth-order valence-corrected chi connectivity index (χ4v) is 3.53. The molecule has 2 aliphatic rings. The summed E-state index contributed by atoms with van der Waals surface area (Å²) >= 11 is 0. The fraction of sp³-hybridized carbons (Fsp3) is 0.526. The molecule has 1 aromatic heterocycles. The third kappa shape index (κ3) is 4.21. The molecular formula is C19H24N4O4. The van der Waals surface area contributed by atoms with Crippen LogP contribution in [0.4, 0.5) is 0 Å². The maximum absolute atomic E-state index is 11.8. The molecule has 2 aliphatic heterocycles. The number of carbonyl (C=O) groups excluding carboxylic acids is 1. The van der Waals surface area contributed by atoms with Gasteiger partial charge in [0, 0.05) is 6.54 Å². The van der Waals surface area contributed by atoms with Crippen molar-refractivity contribution >= 4 is 5.97 Å². The van der Waals surface area contributed by atoms with Crippen molar-refractivity contribution < 1.29 is 19.0 Å². The highest BCUT2D eigenvalue weighted by Crippen LogP contribution is 2.32. The van der Waals surface area contributed by atoms with Crippen molar-refractivity contribution in [1.82, 2.24) is 19.9 Å². The second-order valence-electron chi connectivity index (χ2n) is 6.90. The summed E-state index contributed by atoms with van der Waals surface area (Å²) in [5.74, 6) is 1.52. The minimum absolute atomic E-state index is 0.0305. The molecule has 0 bridgehead atoms. The first-order chi connectivity index (χ1) is 13.2. The second-order valence-corrected chi connectivity index (χ2v) is 6.90. The van der Waals surface area contributed by atoms with E-state index in [9.17, 15) is 4.79 Å². The van der Waals surface area contributed by atoms with Gasteiger partial charge in [-0.15, -0.1) is 5.10 Å². The van der Waals surface area contributed by atoms with Gasteiger partial charge in [-0.2, -0.15) is 0 Å². The molecule has 1 fully saturated rings. The minimum atomic E-state index is -0.0631. The van der Waals surface area contributed by atoms with E-state index in [0.29, 0.717) is 13.2 Å². The highest BCUT2D eigenvalue weighted by atomic mass is 16.7. The smallest absolute Gasteiger partial charge is 0.309 e. The summed E-state index contributed by atoms with van der Waals surface area (Å²) in [6.07, 6.45) is 3.65. The Balaban J connectivity index is 1.29. The average molecular weight is 372 g/mol. The number of carbonyl (C=O) groups is 1. The van der Waals surface area contributed by atoms with E-state index in [1.54, 1.807) is 0 Å². The SMILES string of the molecule is CCOC(=O)C1CCN(Cc2cn(Cc3ccc4c(c3)OCO4)nn2)CC1. The first-order valence-electron chi connectivity index (χ1n) is 9.38. The van der Waals surface area contributed by atoms with Crippen LogP contribution < -0.4 is 9.47 Å². The van der Waals surface area contributed by atoms with Crippen molar-refractivity contribution in [1.29, 1.82) is 0 Å². The lowest BCUT2D eigenvalue weighted by molar-refractivity contribution is -0.149. The lowest BCUT2D eigenvalue weighted by Gasteiger charge is -2.30. The summed E-state index contributed by atoms with van der Waals surface area (Å²) < 4.78 is 17.7. The van der Waals surface area contributed by atoms with Gasteiger partial charge in [-0.25, -0.2) is 4.68 Å². The molecule has 0 atom stereocenters. The van der Waals surface area contributed by atoms with Crippen LogP contribution in [0.2, 0.25) is 0 Å². The van der Waals surface area contributed by atoms with Crippen LogP contribution in [-0.2, 0) is 22.6 Å². The topological polar surface area (TPSA) is 78.7 Å². The first kappa shape index (κ1) is 17.8. The molecule has 3 heterocycles. The zero-order chi connectivity index (χ0) is 18.6. The summed E-state index contributed by atoms with van der Waals surface area (Å²) in [4.78, 5) is 14.1. The molecule has 0 spiro atoms. The Bertz CT molecular complexity index is 799. The molecule has 0 N–H and O–H groups in total. The van der Waals surface area contributed by atoms with Gasteiger partial charge in [-0.05, 0) is 50.6 Å². The number of benzene rings is 1. The number of nitrogens with zero attached hydrogens (tertiary/aromatic N) is 4. The number of likely N-dealkylation sites (tertiary alicyclic amines) is 1. The minimum Gasteiger partial charge on any atom is -0.466 e. The number of piperidine rings is 1.